The van der Waals surface area contributed by atoms with E-state index in [2.05, 4.69) is 31.3 Å². The van der Waals surface area contributed by atoms with Crippen molar-refractivity contribution in [3.05, 3.63) is 12.2 Å². The number of amides is 1. The number of hydrogen-bond acceptors (Lipinski definition) is 2. The van der Waals surface area contributed by atoms with Crippen molar-refractivity contribution in [2.45, 2.75) is 65.7 Å². The van der Waals surface area contributed by atoms with E-state index < -0.39 is 0 Å². The Morgan fingerprint density at radius 2 is 1.71 bits per heavy atom. The maximum Gasteiger partial charge on any atom is 0.220 e. The minimum absolute atomic E-state index is 0.00167. The van der Waals surface area contributed by atoms with Crippen molar-refractivity contribution in [3.63, 3.8) is 0 Å². The molecule has 21 heavy (non-hydrogen) atoms. The van der Waals surface area contributed by atoms with Crippen LogP contribution in [-0.2, 0) is 9.59 Å². The molecule has 1 N–H and O–H groups in total. The summed E-state index contributed by atoms with van der Waals surface area (Å²) >= 11 is 0. The zero-order valence-corrected chi connectivity index (χ0v) is 13.9. The topological polar surface area (TPSA) is 46.2 Å². The monoisotopic (exact) mass is 293 g/mol. The quantitative estimate of drug-likeness (QED) is 0.689. The van der Waals surface area contributed by atoms with Crippen LogP contribution < -0.4 is 5.32 Å². The molecule has 3 unspecified atom stereocenters. The van der Waals surface area contributed by atoms with Crippen LogP contribution in [0.25, 0.3) is 0 Å². The lowest BCUT2D eigenvalue weighted by molar-refractivity contribution is -0.124. The van der Waals surface area contributed by atoms with Gasteiger partial charge in [0.15, 0.2) is 0 Å². The second-order valence-corrected chi connectivity index (χ2v) is 6.61. The Balaban J connectivity index is 2.58. The molecule has 3 atom stereocenters. The molecule has 1 amide bonds. The van der Waals surface area contributed by atoms with Crippen LogP contribution in [0.1, 0.15) is 65.7 Å². The number of rotatable bonds is 0. The molecular weight excluding hydrogens is 262 g/mol. The fraction of sp³-hybridized carbons (Fsp3) is 0.778. The van der Waals surface area contributed by atoms with Crippen LogP contribution >= 0.6 is 0 Å². The van der Waals surface area contributed by atoms with Gasteiger partial charge in [0.05, 0.1) is 0 Å². The molecule has 0 aromatic heterocycles. The third-order valence-corrected chi connectivity index (χ3v) is 4.68. The van der Waals surface area contributed by atoms with Crippen LogP contribution in [-0.4, -0.2) is 18.2 Å². The third kappa shape index (κ3) is 7.45. The highest BCUT2D eigenvalue weighted by Crippen LogP contribution is 2.23. The molecule has 0 aromatic rings. The van der Waals surface area contributed by atoms with Gasteiger partial charge in [-0.2, -0.15) is 0 Å². The van der Waals surface area contributed by atoms with Crippen LogP contribution in [0.4, 0.5) is 0 Å². The molecule has 0 spiro atoms. The number of Topliss-reactive ketones (excluding diaryl/α,β-unsaturated/α-hetero) is 1. The molecule has 0 fully saturated rings. The number of allylic oxidation sites excluding steroid dienone is 1. The Labute approximate surface area is 129 Å². The Hall–Kier alpha value is -1.12. The molecular formula is C18H31NO2. The summed E-state index contributed by atoms with van der Waals surface area (Å²) < 4.78 is 0. The molecule has 0 saturated heterocycles. The molecule has 0 aromatic carbocycles. The molecule has 1 aliphatic heterocycles. The fourth-order valence-electron chi connectivity index (χ4n) is 2.69. The van der Waals surface area contributed by atoms with Crippen molar-refractivity contribution in [1.82, 2.24) is 5.32 Å². The van der Waals surface area contributed by atoms with E-state index in [1.807, 2.05) is 6.92 Å². The molecule has 3 nitrogen and oxygen atoms in total. The van der Waals surface area contributed by atoms with Crippen molar-refractivity contribution in [1.29, 1.82) is 0 Å². The van der Waals surface area contributed by atoms with Gasteiger partial charge in [-0.05, 0) is 37.5 Å². The van der Waals surface area contributed by atoms with Gasteiger partial charge in [-0.25, -0.2) is 0 Å². The number of hydrogen-bond donors (Lipinski definition) is 1. The summed E-state index contributed by atoms with van der Waals surface area (Å²) in [7, 11) is 0. The highest BCUT2D eigenvalue weighted by atomic mass is 16.1. The average molecular weight is 293 g/mol. The standard InChI is InChI=1S/C18H31NO2/c1-14-9-7-5-4-6-8-12-19-18(21)11-10-15(2)17(20)13-16(14)3/h4,6,14-16H,5,7-13H2,1-3H3,(H,19,21). The minimum Gasteiger partial charge on any atom is -0.356 e. The van der Waals surface area contributed by atoms with Gasteiger partial charge in [0.2, 0.25) is 5.91 Å². The lowest BCUT2D eigenvalue weighted by Crippen LogP contribution is -2.25. The van der Waals surface area contributed by atoms with Crippen LogP contribution in [0, 0.1) is 17.8 Å². The lowest BCUT2D eigenvalue weighted by Gasteiger charge is -2.21. The molecule has 0 saturated carbocycles. The van der Waals surface area contributed by atoms with Gasteiger partial charge in [0, 0.05) is 25.3 Å². The molecule has 0 radical (unpaired) electrons. The first-order chi connectivity index (χ1) is 10.0. The van der Waals surface area contributed by atoms with E-state index in [1.165, 1.54) is 12.8 Å². The van der Waals surface area contributed by atoms with Gasteiger partial charge >= 0.3 is 0 Å². The minimum atomic E-state index is -0.00167. The number of carbonyl (C=O) groups is 2. The van der Waals surface area contributed by atoms with E-state index in [1.54, 1.807) is 0 Å². The third-order valence-electron chi connectivity index (χ3n) is 4.68. The summed E-state index contributed by atoms with van der Waals surface area (Å²) in [4.78, 5) is 23.9. The molecule has 3 heteroatoms. The molecule has 0 aliphatic carbocycles. The summed E-state index contributed by atoms with van der Waals surface area (Å²) in [6, 6.07) is 0. The largest absolute Gasteiger partial charge is 0.356 e. The molecule has 1 heterocycles. The summed E-state index contributed by atoms with van der Waals surface area (Å²) in [5.74, 6) is 1.40. The van der Waals surface area contributed by atoms with Crippen LogP contribution in [0.2, 0.25) is 0 Å². The molecule has 0 bridgehead atoms. The van der Waals surface area contributed by atoms with E-state index in [0.29, 0.717) is 43.4 Å². The Morgan fingerprint density at radius 1 is 1.00 bits per heavy atom. The lowest BCUT2D eigenvalue weighted by atomic mass is 9.84. The Bertz CT molecular complexity index is 362. The predicted molar refractivity (Wildman–Crippen MR) is 87.0 cm³/mol. The average Bonchev–Trinajstić information content (AvgIpc) is 2.45. The first kappa shape index (κ1) is 17.9. The van der Waals surface area contributed by atoms with Gasteiger partial charge in [0.1, 0.15) is 5.78 Å². The van der Waals surface area contributed by atoms with Gasteiger partial charge in [0.25, 0.3) is 0 Å². The zero-order valence-electron chi connectivity index (χ0n) is 13.9. The maximum atomic E-state index is 12.2. The predicted octanol–water partition coefficient (Wildman–Crippen LogP) is 3.88. The number of nitrogens with one attached hydrogen (secondary N) is 1. The zero-order chi connectivity index (χ0) is 15.7. The molecule has 1 aliphatic rings. The van der Waals surface area contributed by atoms with E-state index in [9.17, 15) is 9.59 Å². The summed E-state index contributed by atoms with van der Waals surface area (Å²) in [5, 5.41) is 2.91. The van der Waals surface area contributed by atoms with E-state index in [-0.39, 0.29) is 11.8 Å². The van der Waals surface area contributed by atoms with Crippen LogP contribution in [0.3, 0.4) is 0 Å². The van der Waals surface area contributed by atoms with Crippen molar-refractivity contribution >= 4 is 11.7 Å². The van der Waals surface area contributed by atoms with Crippen molar-refractivity contribution in [3.8, 4) is 0 Å². The first-order valence-corrected chi connectivity index (χ1v) is 8.45. The van der Waals surface area contributed by atoms with E-state index in [4.69, 9.17) is 0 Å². The summed E-state index contributed by atoms with van der Waals surface area (Å²) in [5.41, 5.74) is 0. The van der Waals surface area contributed by atoms with Crippen molar-refractivity contribution in [2.24, 2.45) is 17.8 Å². The van der Waals surface area contributed by atoms with E-state index >= 15 is 0 Å². The second kappa shape index (κ2) is 9.75. The molecule has 1 rings (SSSR count). The van der Waals surface area contributed by atoms with Gasteiger partial charge in [-0.15, -0.1) is 0 Å². The van der Waals surface area contributed by atoms with Crippen molar-refractivity contribution < 1.29 is 9.59 Å². The van der Waals surface area contributed by atoms with Gasteiger partial charge in [-0.3, -0.25) is 9.59 Å². The molecule has 120 valence electrons. The maximum absolute atomic E-state index is 12.2. The van der Waals surface area contributed by atoms with Crippen LogP contribution in [0.5, 0.6) is 0 Å². The normalized spacial score (nSPS) is 30.9. The fourth-order valence-corrected chi connectivity index (χ4v) is 2.69. The second-order valence-electron chi connectivity index (χ2n) is 6.61. The van der Waals surface area contributed by atoms with Gasteiger partial charge in [-0.1, -0.05) is 39.3 Å². The van der Waals surface area contributed by atoms with Gasteiger partial charge < -0.3 is 5.32 Å². The van der Waals surface area contributed by atoms with E-state index in [0.717, 1.165) is 12.8 Å². The number of carbonyl (C=O) groups excluding carboxylic acids is 2. The summed E-state index contributed by atoms with van der Waals surface area (Å²) in [6.07, 6.45) is 10.5. The Kier molecular flexibility index (Phi) is 8.33. The summed E-state index contributed by atoms with van der Waals surface area (Å²) in [6.45, 7) is 7.09. The Morgan fingerprint density at radius 3 is 2.48 bits per heavy atom. The SMILES string of the molecule is CC1CCC(=O)NCCC=CCCCC(C)C(C)CC1=O. The smallest absolute Gasteiger partial charge is 0.220 e. The highest BCUT2D eigenvalue weighted by Gasteiger charge is 2.20. The first-order valence-electron chi connectivity index (χ1n) is 8.45. The number of ketones is 1. The van der Waals surface area contributed by atoms with Crippen molar-refractivity contribution in [2.75, 3.05) is 6.54 Å². The highest BCUT2D eigenvalue weighted by molar-refractivity contribution is 5.82. The van der Waals surface area contributed by atoms with Crippen LogP contribution in [0.15, 0.2) is 12.2 Å².